The highest BCUT2D eigenvalue weighted by atomic mass is 35.6. The van der Waals surface area contributed by atoms with Crippen molar-refractivity contribution >= 4 is 81.1 Å². The van der Waals surface area contributed by atoms with Gasteiger partial charge in [-0.1, -0.05) is 69.6 Å². The van der Waals surface area contributed by atoms with Gasteiger partial charge in [0.1, 0.15) is 10.7 Å². The van der Waals surface area contributed by atoms with Crippen LogP contribution in [-0.4, -0.2) is 15.3 Å². The van der Waals surface area contributed by atoms with Crippen molar-refractivity contribution in [2.24, 2.45) is 10.9 Å². The minimum Gasteiger partial charge on any atom is -0.292 e. The van der Waals surface area contributed by atoms with Crippen LogP contribution in [0.2, 0.25) is 0 Å². The number of ketones is 1. The molecule has 18 heavy (non-hydrogen) atoms. The van der Waals surface area contributed by atoms with E-state index in [2.05, 4.69) is 4.99 Å². The summed E-state index contributed by atoms with van der Waals surface area (Å²) in [5.74, 6) is -1.19. The maximum absolute atomic E-state index is 12.1. The van der Waals surface area contributed by atoms with Crippen molar-refractivity contribution in [3.05, 3.63) is 32.9 Å². The lowest BCUT2D eigenvalue weighted by Gasteiger charge is -2.26. The molecular formula is C10H3Cl6NO. The number of aliphatic imine (C=N–C) groups is 1. The van der Waals surface area contributed by atoms with Gasteiger partial charge in [0, 0.05) is 5.03 Å². The second kappa shape index (κ2) is 5.01. The molecule has 0 aromatic carbocycles. The van der Waals surface area contributed by atoms with Crippen LogP contribution < -0.4 is 0 Å². The summed E-state index contributed by atoms with van der Waals surface area (Å²) in [6.07, 6.45) is 2.95. The van der Waals surface area contributed by atoms with Gasteiger partial charge in [-0.2, -0.15) is 0 Å². The van der Waals surface area contributed by atoms with E-state index in [1.165, 1.54) is 12.2 Å². The molecule has 2 rings (SSSR count). The van der Waals surface area contributed by atoms with E-state index in [9.17, 15) is 4.79 Å². The number of nitrogens with zero attached hydrogens (tertiary/aromatic N) is 1. The van der Waals surface area contributed by atoms with E-state index < -0.39 is 15.5 Å². The van der Waals surface area contributed by atoms with Crippen molar-refractivity contribution in [1.29, 1.82) is 0 Å². The van der Waals surface area contributed by atoms with Crippen LogP contribution in [-0.2, 0) is 4.79 Å². The average Bonchev–Trinajstić information content (AvgIpc) is 2.22. The summed E-state index contributed by atoms with van der Waals surface area (Å²) in [5, 5.41) is 0.326. The molecule has 2 nitrogen and oxygen atoms in total. The minimum absolute atomic E-state index is 0.136. The van der Waals surface area contributed by atoms with E-state index in [1.54, 1.807) is 0 Å². The first kappa shape index (κ1) is 14.7. The van der Waals surface area contributed by atoms with Crippen molar-refractivity contribution in [3.63, 3.8) is 0 Å². The maximum atomic E-state index is 12.1. The Hall–Kier alpha value is 0.300. The Balaban J connectivity index is 2.60. The van der Waals surface area contributed by atoms with E-state index in [0.717, 1.165) is 0 Å². The standard InChI is InChI=1S/C10H3Cl6NO/c11-3-1-4-7(5(12)2-3)17-9(10(14,15)16)6(13)8(4)18/h1-2,4H. The quantitative estimate of drug-likeness (QED) is 0.572. The largest absolute Gasteiger partial charge is 0.292 e. The molecule has 1 heterocycles. The van der Waals surface area contributed by atoms with Crippen molar-refractivity contribution in [2.45, 2.75) is 3.79 Å². The molecule has 2 aliphatic rings. The van der Waals surface area contributed by atoms with E-state index in [-0.39, 0.29) is 21.5 Å². The first-order chi connectivity index (χ1) is 8.21. The fourth-order valence-electron chi connectivity index (χ4n) is 1.56. The number of carbonyl (C=O) groups excluding carboxylic acids is 1. The molecule has 0 bridgehead atoms. The van der Waals surface area contributed by atoms with Crippen molar-refractivity contribution in [1.82, 2.24) is 0 Å². The maximum Gasteiger partial charge on any atom is 0.234 e. The Morgan fingerprint density at radius 1 is 1.17 bits per heavy atom. The summed E-state index contributed by atoms with van der Waals surface area (Å²) >= 11 is 34.8. The van der Waals surface area contributed by atoms with Gasteiger partial charge in [0.2, 0.25) is 3.79 Å². The number of fused-ring (bicyclic) bond motifs is 1. The predicted octanol–water partition coefficient (Wildman–Crippen LogP) is 4.71. The highest BCUT2D eigenvalue weighted by molar-refractivity contribution is 6.70. The Bertz CT molecular complexity index is 551. The summed E-state index contributed by atoms with van der Waals surface area (Å²) in [6, 6.07) is 0. The monoisotopic (exact) mass is 363 g/mol. The highest BCUT2D eigenvalue weighted by Crippen LogP contribution is 2.43. The van der Waals surface area contributed by atoms with Crippen molar-refractivity contribution in [3.8, 4) is 0 Å². The zero-order valence-electron chi connectivity index (χ0n) is 8.36. The Labute approximate surface area is 133 Å². The second-order valence-electron chi connectivity index (χ2n) is 3.54. The summed E-state index contributed by atoms with van der Waals surface area (Å²) in [6.45, 7) is 0. The molecule has 0 fully saturated rings. The molecule has 1 unspecified atom stereocenters. The van der Waals surface area contributed by atoms with Crippen LogP contribution in [0.1, 0.15) is 0 Å². The van der Waals surface area contributed by atoms with Crippen LogP contribution >= 0.6 is 69.6 Å². The average molecular weight is 366 g/mol. The van der Waals surface area contributed by atoms with E-state index in [4.69, 9.17) is 69.6 Å². The van der Waals surface area contributed by atoms with Gasteiger partial charge in [-0.3, -0.25) is 4.79 Å². The number of halogens is 6. The number of rotatable bonds is 0. The van der Waals surface area contributed by atoms with Gasteiger partial charge < -0.3 is 0 Å². The molecule has 1 atom stereocenters. The van der Waals surface area contributed by atoms with Crippen LogP contribution in [0.5, 0.6) is 0 Å². The second-order valence-corrected chi connectivity index (χ2v) is 7.05. The van der Waals surface area contributed by atoms with Gasteiger partial charge in [0.25, 0.3) is 0 Å². The van der Waals surface area contributed by atoms with Crippen LogP contribution in [0, 0.1) is 5.92 Å². The molecule has 1 aliphatic heterocycles. The topological polar surface area (TPSA) is 29.4 Å². The van der Waals surface area contributed by atoms with Crippen LogP contribution in [0.25, 0.3) is 0 Å². The smallest absolute Gasteiger partial charge is 0.234 e. The summed E-state index contributed by atoms with van der Waals surface area (Å²) in [7, 11) is 0. The number of hydrogen-bond donors (Lipinski definition) is 0. The number of carbonyl (C=O) groups is 1. The molecule has 0 N–H and O–H groups in total. The van der Waals surface area contributed by atoms with Gasteiger partial charge in [0.15, 0.2) is 5.78 Å². The first-order valence-corrected chi connectivity index (χ1v) is 6.83. The minimum atomic E-state index is -1.90. The molecule has 8 heteroatoms. The van der Waals surface area contributed by atoms with E-state index >= 15 is 0 Å². The van der Waals surface area contributed by atoms with Crippen LogP contribution in [0.15, 0.2) is 37.9 Å². The van der Waals surface area contributed by atoms with Crippen LogP contribution in [0.3, 0.4) is 0 Å². The zero-order chi connectivity index (χ0) is 13.7. The number of alkyl halides is 3. The first-order valence-electron chi connectivity index (χ1n) is 4.56. The normalized spacial score (nSPS) is 24.4. The van der Waals surface area contributed by atoms with Gasteiger partial charge in [-0.05, 0) is 12.2 Å². The lowest BCUT2D eigenvalue weighted by molar-refractivity contribution is -0.115. The summed E-state index contributed by atoms with van der Waals surface area (Å²) in [5.41, 5.74) is 0.139. The van der Waals surface area contributed by atoms with Gasteiger partial charge in [0.05, 0.1) is 16.7 Å². The third-order valence-corrected chi connectivity index (χ3v) is 3.78. The number of hydrogen-bond acceptors (Lipinski definition) is 2. The molecule has 1 aliphatic carbocycles. The molecule has 0 amide bonds. The SMILES string of the molecule is O=C1C(Cl)=C(C(Cl)(Cl)Cl)N=C2C(Cl)=CC(Cl)=CC12. The fraction of sp³-hybridized carbons (Fsp3) is 0.200. The van der Waals surface area contributed by atoms with Crippen molar-refractivity contribution < 1.29 is 4.79 Å². The Morgan fingerprint density at radius 3 is 2.33 bits per heavy atom. The molecule has 0 aromatic heterocycles. The van der Waals surface area contributed by atoms with Gasteiger partial charge in [-0.25, -0.2) is 4.99 Å². The lowest BCUT2D eigenvalue weighted by Crippen LogP contribution is -2.31. The van der Waals surface area contributed by atoms with E-state index in [0.29, 0.717) is 5.03 Å². The molecule has 0 radical (unpaired) electrons. The number of Topliss-reactive ketones (excluding diaryl/α,β-unsaturated/α-hetero) is 1. The Kier molecular flexibility index (Phi) is 4.09. The predicted molar refractivity (Wildman–Crippen MR) is 77.0 cm³/mol. The number of allylic oxidation sites excluding steroid dienone is 6. The molecule has 0 saturated carbocycles. The molecule has 96 valence electrons. The molecule has 0 aromatic rings. The lowest BCUT2D eigenvalue weighted by atomic mass is 9.91. The third kappa shape index (κ3) is 2.60. The summed E-state index contributed by atoms with van der Waals surface area (Å²) < 4.78 is -1.90. The van der Waals surface area contributed by atoms with Crippen LogP contribution in [0.4, 0.5) is 0 Å². The highest BCUT2D eigenvalue weighted by Gasteiger charge is 2.40. The molecule has 0 saturated heterocycles. The third-order valence-electron chi connectivity index (χ3n) is 2.34. The molecule has 0 spiro atoms. The Morgan fingerprint density at radius 2 is 1.78 bits per heavy atom. The summed E-state index contributed by atoms with van der Waals surface area (Å²) in [4.78, 5) is 16.1. The van der Waals surface area contributed by atoms with Crippen molar-refractivity contribution in [2.75, 3.05) is 0 Å². The van der Waals surface area contributed by atoms with E-state index in [1.807, 2.05) is 0 Å². The van der Waals surface area contributed by atoms with Gasteiger partial charge in [-0.15, -0.1) is 0 Å². The van der Waals surface area contributed by atoms with Gasteiger partial charge >= 0.3 is 0 Å². The zero-order valence-corrected chi connectivity index (χ0v) is 12.9. The fourth-order valence-corrected chi connectivity index (χ4v) is 2.99. The molecular weight excluding hydrogens is 363 g/mol.